The Kier molecular flexibility index (Phi) is 5.35. The Balaban J connectivity index is 2.82. The smallest absolute Gasteiger partial charge is 0.304 e. The third-order valence-corrected chi connectivity index (χ3v) is 2.30. The zero-order valence-corrected chi connectivity index (χ0v) is 10.1. The lowest BCUT2D eigenvalue weighted by atomic mass is 9.96. The number of ether oxygens (including phenoxy) is 1. The molecule has 0 aliphatic carbocycles. The van der Waals surface area contributed by atoms with Crippen LogP contribution in [0.5, 0.6) is 5.75 Å². The molecule has 0 aliphatic rings. The number of benzene rings is 1. The second-order valence-electron chi connectivity index (χ2n) is 3.61. The lowest BCUT2D eigenvalue weighted by molar-refractivity contribution is -0.137. The molecule has 92 valence electrons. The molecule has 1 aromatic rings. The average molecular weight is 242 g/mol. The number of rotatable bonds is 5. The van der Waals surface area contributed by atoms with E-state index in [1.165, 1.54) is 0 Å². The Bertz CT molecular complexity index is 497. The maximum atomic E-state index is 10.8. The molecule has 0 fully saturated rings. The van der Waals surface area contributed by atoms with Crippen LogP contribution in [0.4, 0.5) is 0 Å². The van der Waals surface area contributed by atoms with Gasteiger partial charge in [-0.3, -0.25) is 4.79 Å². The predicted molar refractivity (Wildman–Crippen MR) is 69.2 cm³/mol. The number of carboxylic acids is 1. The third kappa shape index (κ3) is 4.23. The van der Waals surface area contributed by atoms with Gasteiger partial charge in [0, 0.05) is 0 Å². The second kappa shape index (κ2) is 7.04. The van der Waals surface area contributed by atoms with Crippen molar-refractivity contribution in [3.63, 3.8) is 0 Å². The predicted octanol–water partition coefficient (Wildman–Crippen LogP) is 2.28. The van der Waals surface area contributed by atoms with Crippen LogP contribution in [0.2, 0.25) is 0 Å². The van der Waals surface area contributed by atoms with E-state index < -0.39 is 5.97 Å². The van der Waals surface area contributed by atoms with E-state index in [9.17, 15) is 4.79 Å². The highest BCUT2D eigenvalue weighted by molar-refractivity contribution is 5.69. The normalized spacial score (nSPS) is 10.7. The fourth-order valence-corrected chi connectivity index (χ4v) is 1.52. The number of carbonyl (C=O) groups is 1. The van der Waals surface area contributed by atoms with E-state index in [4.69, 9.17) is 16.3 Å². The number of aliphatic carboxylic acids is 1. The van der Waals surface area contributed by atoms with Gasteiger partial charge in [-0.2, -0.15) is 0 Å². The molecular weight excluding hydrogens is 228 g/mol. The summed E-state index contributed by atoms with van der Waals surface area (Å²) in [6.45, 7) is 1.91. The summed E-state index contributed by atoms with van der Waals surface area (Å²) >= 11 is 0. The summed E-state index contributed by atoms with van der Waals surface area (Å²) in [5.74, 6) is 7.52. The standard InChI is InChI=1S/C15H14O3/c1-3-5-13(11-15(16)17)12-6-8-14(9-7-12)18-10-4-2/h2,6-9,13H,10-11H2,1H3,(H,16,17)/t13-/m0/s1. The van der Waals surface area contributed by atoms with Crippen molar-refractivity contribution in [1.29, 1.82) is 0 Å². The Hall–Kier alpha value is -2.39. The van der Waals surface area contributed by atoms with Crippen molar-refractivity contribution < 1.29 is 14.6 Å². The van der Waals surface area contributed by atoms with Crippen LogP contribution in [0, 0.1) is 24.2 Å². The average Bonchev–Trinajstić information content (AvgIpc) is 2.36. The SMILES string of the molecule is C#CCOc1ccc([C@@H](C#CC)CC(=O)O)cc1. The van der Waals surface area contributed by atoms with Crippen molar-refractivity contribution in [2.24, 2.45) is 0 Å². The van der Waals surface area contributed by atoms with Gasteiger partial charge in [0.05, 0.1) is 12.3 Å². The molecule has 1 rings (SSSR count). The van der Waals surface area contributed by atoms with Gasteiger partial charge in [0.15, 0.2) is 0 Å². The molecule has 0 amide bonds. The van der Waals surface area contributed by atoms with Crippen LogP contribution in [-0.4, -0.2) is 17.7 Å². The minimum absolute atomic E-state index is 0.00853. The lowest BCUT2D eigenvalue weighted by Gasteiger charge is -2.09. The molecule has 3 nitrogen and oxygen atoms in total. The van der Waals surface area contributed by atoms with E-state index in [1.807, 2.05) is 12.1 Å². The van der Waals surface area contributed by atoms with Gasteiger partial charge in [-0.1, -0.05) is 24.0 Å². The van der Waals surface area contributed by atoms with Gasteiger partial charge in [-0.15, -0.1) is 12.3 Å². The number of hydrogen-bond donors (Lipinski definition) is 1. The van der Waals surface area contributed by atoms with E-state index in [2.05, 4.69) is 17.8 Å². The summed E-state index contributed by atoms with van der Waals surface area (Å²) in [6.07, 6.45) is 5.08. The first-order chi connectivity index (χ1) is 8.67. The summed E-state index contributed by atoms with van der Waals surface area (Å²) < 4.78 is 5.24. The van der Waals surface area contributed by atoms with Crippen LogP contribution >= 0.6 is 0 Å². The zero-order chi connectivity index (χ0) is 13.4. The second-order valence-corrected chi connectivity index (χ2v) is 3.61. The van der Waals surface area contributed by atoms with Crippen LogP contribution in [0.3, 0.4) is 0 Å². The van der Waals surface area contributed by atoms with Crippen LogP contribution < -0.4 is 4.74 Å². The third-order valence-electron chi connectivity index (χ3n) is 2.30. The van der Waals surface area contributed by atoms with E-state index in [0.29, 0.717) is 5.75 Å². The van der Waals surface area contributed by atoms with Crippen molar-refractivity contribution in [3.05, 3.63) is 29.8 Å². The van der Waals surface area contributed by atoms with E-state index in [1.54, 1.807) is 19.1 Å². The van der Waals surface area contributed by atoms with Crippen molar-refractivity contribution in [2.75, 3.05) is 6.61 Å². The molecule has 0 aliphatic heterocycles. The van der Waals surface area contributed by atoms with Crippen LogP contribution in [0.25, 0.3) is 0 Å². The molecular formula is C15H14O3. The molecule has 1 atom stereocenters. The zero-order valence-electron chi connectivity index (χ0n) is 10.1. The largest absolute Gasteiger partial charge is 0.481 e. The summed E-state index contributed by atoms with van der Waals surface area (Å²) in [7, 11) is 0. The molecule has 0 saturated carbocycles. The monoisotopic (exact) mass is 242 g/mol. The van der Waals surface area contributed by atoms with Gasteiger partial charge in [-0.05, 0) is 24.6 Å². The van der Waals surface area contributed by atoms with Crippen LogP contribution in [0.15, 0.2) is 24.3 Å². The molecule has 1 aromatic carbocycles. The molecule has 0 unspecified atom stereocenters. The maximum Gasteiger partial charge on any atom is 0.304 e. The first-order valence-corrected chi connectivity index (χ1v) is 5.47. The van der Waals surface area contributed by atoms with Gasteiger partial charge in [0.1, 0.15) is 12.4 Å². The number of terminal acetylenes is 1. The molecule has 0 spiro atoms. The molecule has 0 radical (unpaired) electrons. The molecule has 0 bridgehead atoms. The van der Waals surface area contributed by atoms with E-state index >= 15 is 0 Å². The molecule has 0 heterocycles. The van der Waals surface area contributed by atoms with Gasteiger partial charge in [-0.25, -0.2) is 0 Å². The topological polar surface area (TPSA) is 46.5 Å². The Morgan fingerprint density at radius 2 is 2.11 bits per heavy atom. The summed E-state index contributed by atoms with van der Waals surface area (Å²) in [6, 6.07) is 7.14. The lowest BCUT2D eigenvalue weighted by Crippen LogP contribution is -2.04. The van der Waals surface area contributed by atoms with Gasteiger partial charge in [0.2, 0.25) is 0 Å². The van der Waals surface area contributed by atoms with E-state index in [0.717, 1.165) is 5.56 Å². The van der Waals surface area contributed by atoms with Gasteiger partial charge >= 0.3 is 5.97 Å². The van der Waals surface area contributed by atoms with Crippen LogP contribution in [-0.2, 0) is 4.79 Å². The minimum Gasteiger partial charge on any atom is -0.481 e. The Morgan fingerprint density at radius 3 is 2.61 bits per heavy atom. The molecule has 1 N–H and O–H groups in total. The minimum atomic E-state index is -0.865. The van der Waals surface area contributed by atoms with Crippen molar-refractivity contribution in [3.8, 4) is 29.9 Å². The highest BCUT2D eigenvalue weighted by atomic mass is 16.5. The van der Waals surface area contributed by atoms with E-state index in [-0.39, 0.29) is 18.9 Å². The van der Waals surface area contributed by atoms with Crippen molar-refractivity contribution in [1.82, 2.24) is 0 Å². The summed E-state index contributed by atoms with van der Waals surface area (Å²) in [4.78, 5) is 10.8. The molecule has 18 heavy (non-hydrogen) atoms. The quantitative estimate of drug-likeness (QED) is 0.806. The van der Waals surface area contributed by atoms with Crippen molar-refractivity contribution >= 4 is 5.97 Å². The van der Waals surface area contributed by atoms with Crippen molar-refractivity contribution in [2.45, 2.75) is 19.3 Å². The highest BCUT2D eigenvalue weighted by Crippen LogP contribution is 2.22. The number of carboxylic acid groups (broad SMARTS) is 1. The van der Waals surface area contributed by atoms with Gasteiger partial charge in [0.25, 0.3) is 0 Å². The number of hydrogen-bond acceptors (Lipinski definition) is 2. The fourth-order valence-electron chi connectivity index (χ4n) is 1.52. The van der Waals surface area contributed by atoms with Crippen LogP contribution in [0.1, 0.15) is 24.8 Å². The highest BCUT2D eigenvalue weighted by Gasteiger charge is 2.12. The Morgan fingerprint density at radius 1 is 1.44 bits per heavy atom. The maximum absolute atomic E-state index is 10.8. The summed E-state index contributed by atoms with van der Waals surface area (Å²) in [5, 5.41) is 8.83. The summed E-state index contributed by atoms with van der Waals surface area (Å²) in [5.41, 5.74) is 0.861. The molecule has 0 saturated heterocycles. The first kappa shape index (κ1) is 13.7. The Labute approximate surface area is 107 Å². The molecule has 3 heteroatoms. The molecule has 0 aromatic heterocycles. The fraction of sp³-hybridized carbons (Fsp3) is 0.267. The van der Waals surface area contributed by atoms with Gasteiger partial charge < -0.3 is 9.84 Å². The first-order valence-electron chi connectivity index (χ1n) is 5.47.